The number of piperidine rings is 1. The molecule has 1 aliphatic rings. The molecule has 1 aromatic rings. The number of aromatic nitrogens is 1. The number of aryl methyl sites for hydroxylation is 1. The topological polar surface area (TPSA) is 45.2 Å². The van der Waals surface area contributed by atoms with Crippen LogP contribution in [-0.2, 0) is 0 Å². The third kappa shape index (κ3) is 3.22. The number of halogens is 1. The first-order valence-electron chi connectivity index (χ1n) is 6.24. The van der Waals surface area contributed by atoms with Crippen molar-refractivity contribution in [3.05, 3.63) is 22.3 Å². The largest absolute Gasteiger partial charge is 0.324 e. The molecular weight excluding hydrogens is 294 g/mol. The molecule has 0 atom stereocenters. The summed E-state index contributed by atoms with van der Waals surface area (Å²) in [6, 6.07) is 1.90. The lowest BCUT2D eigenvalue weighted by Gasteiger charge is -2.30. The summed E-state index contributed by atoms with van der Waals surface area (Å²) in [4.78, 5) is 18.2. The van der Waals surface area contributed by atoms with E-state index in [4.69, 9.17) is 0 Å². The fraction of sp³-hybridized carbons (Fsp3) is 0.538. The molecule has 1 aromatic heterocycles. The fourth-order valence-corrected chi connectivity index (χ4v) is 2.51. The zero-order valence-corrected chi connectivity index (χ0v) is 12.3. The van der Waals surface area contributed by atoms with E-state index in [-0.39, 0.29) is 6.03 Å². The number of nitrogens with one attached hydrogen (secondary N) is 1. The lowest BCUT2D eigenvalue weighted by Crippen LogP contribution is -2.40. The molecule has 5 heteroatoms. The first-order valence-corrected chi connectivity index (χ1v) is 7.03. The predicted molar refractivity (Wildman–Crippen MR) is 75.7 cm³/mol. The molecule has 1 fully saturated rings. The second-order valence-corrected chi connectivity index (χ2v) is 5.83. The van der Waals surface area contributed by atoms with Crippen LogP contribution in [0, 0.1) is 12.8 Å². The number of carbonyl (C=O) groups is 1. The van der Waals surface area contributed by atoms with E-state index in [1.165, 1.54) is 0 Å². The maximum Gasteiger partial charge on any atom is 0.323 e. The fourth-order valence-electron chi connectivity index (χ4n) is 2.06. The Morgan fingerprint density at radius 3 is 2.78 bits per heavy atom. The molecule has 2 heterocycles. The van der Waals surface area contributed by atoms with Crippen molar-refractivity contribution in [2.45, 2.75) is 26.7 Å². The van der Waals surface area contributed by atoms with Crippen molar-refractivity contribution >= 4 is 27.8 Å². The molecule has 18 heavy (non-hydrogen) atoms. The van der Waals surface area contributed by atoms with Crippen LogP contribution in [0.15, 0.2) is 16.7 Å². The van der Waals surface area contributed by atoms with Gasteiger partial charge < -0.3 is 4.90 Å². The van der Waals surface area contributed by atoms with E-state index in [9.17, 15) is 4.79 Å². The minimum atomic E-state index is -0.0418. The molecule has 0 saturated carbocycles. The Balaban J connectivity index is 1.98. The standard InChI is InChI=1S/C13H18BrN3O/c1-9-3-5-17(6-4-9)13(18)16-12-10(2)7-11(14)8-15-12/h7-9H,3-6H2,1-2H3,(H,15,16,18). The Kier molecular flexibility index (Phi) is 4.22. The minimum absolute atomic E-state index is 0.0418. The molecule has 4 nitrogen and oxygen atoms in total. The molecular formula is C13H18BrN3O. The van der Waals surface area contributed by atoms with Crippen LogP contribution in [0.2, 0.25) is 0 Å². The van der Waals surface area contributed by atoms with Crippen LogP contribution in [0.1, 0.15) is 25.3 Å². The molecule has 1 aliphatic heterocycles. The second kappa shape index (κ2) is 5.69. The molecule has 0 bridgehead atoms. The summed E-state index contributed by atoms with van der Waals surface area (Å²) >= 11 is 3.36. The van der Waals surface area contributed by atoms with E-state index in [0.29, 0.717) is 5.82 Å². The zero-order valence-electron chi connectivity index (χ0n) is 10.7. The van der Waals surface area contributed by atoms with E-state index in [0.717, 1.165) is 41.9 Å². The predicted octanol–water partition coefficient (Wildman–Crippen LogP) is 3.42. The third-order valence-corrected chi connectivity index (χ3v) is 3.77. The molecule has 0 aliphatic carbocycles. The van der Waals surface area contributed by atoms with Crippen LogP contribution in [0.25, 0.3) is 0 Å². The van der Waals surface area contributed by atoms with E-state index in [1.54, 1.807) is 6.20 Å². The Morgan fingerprint density at radius 2 is 2.17 bits per heavy atom. The van der Waals surface area contributed by atoms with Gasteiger partial charge in [0.1, 0.15) is 5.82 Å². The summed E-state index contributed by atoms with van der Waals surface area (Å²) in [6.45, 7) is 5.84. The van der Waals surface area contributed by atoms with Gasteiger partial charge in [0.2, 0.25) is 0 Å². The number of hydrogen-bond acceptors (Lipinski definition) is 2. The highest BCUT2D eigenvalue weighted by Gasteiger charge is 2.20. The SMILES string of the molecule is Cc1cc(Br)cnc1NC(=O)N1CCC(C)CC1. The lowest BCUT2D eigenvalue weighted by molar-refractivity contribution is 0.186. The first-order chi connectivity index (χ1) is 8.56. The first kappa shape index (κ1) is 13.3. The summed E-state index contributed by atoms with van der Waals surface area (Å²) in [5.41, 5.74) is 0.961. The number of amides is 2. The van der Waals surface area contributed by atoms with Gasteiger partial charge in [-0.05, 0) is 53.2 Å². The summed E-state index contributed by atoms with van der Waals surface area (Å²) in [5, 5.41) is 2.88. The van der Waals surface area contributed by atoms with Gasteiger partial charge in [-0.25, -0.2) is 9.78 Å². The Bertz CT molecular complexity index is 442. The van der Waals surface area contributed by atoms with Crippen molar-refractivity contribution in [1.82, 2.24) is 9.88 Å². The maximum absolute atomic E-state index is 12.1. The quantitative estimate of drug-likeness (QED) is 0.863. The number of anilines is 1. The van der Waals surface area contributed by atoms with Crippen LogP contribution in [-0.4, -0.2) is 29.0 Å². The molecule has 1 saturated heterocycles. The van der Waals surface area contributed by atoms with Gasteiger partial charge in [0.25, 0.3) is 0 Å². The smallest absolute Gasteiger partial charge is 0.323 e. The van der Waals surface area contributed by atoms with Crippen molar-refractivity contribution < 1.29 is 4.79 Å². The van der Waals surface area contributed by atoms with E-state index >= 15 is 0 Å². The highest BCUT2D eigenvalue weighted by molar-refractivity contribution is 9.10. The van der Waals surface area contributed by atoms with Crippen molar-refractivity contribution in [2.75, 3.05) is 18.4 Å². The lowest BCUT2D eigenvalue weighted by atomic mass is 10.00. The van der Waals surface area contributed by atoms with Gasteiger partial charge >= 0.3 is 6.03 Å². The van der Waals surface area contributed by atoms with E-state index in [1.807, 2.05) is 17.9 Å². The number of urea groups is 1. The minimum Gasteiger partial charge on any atom is -0.324 e. The molecule has 0 aromatic carbocycles. The molecule has 0 radical (unpaired) electrons. The van der Waals surface area contributed by atoms with Crippen molar-refractivity contribution in [3.63, 3.8) is 0 Å². The summed E-state index contributed by atoms with van der Waals surface area (Å²) < 4.78 is 0.921. The normalized spacial score (nSPS) is 16.7. The van der Waals surface area contributed by atoms with Crippen LogP contribution < -0.4 is 5.32 Å². The Labute approximate surface area is 116 Å². The molecule has 2 rings (SSSR count). The van der Waals surface area contributed by atoms with Gasteiger partial charge in [0.15, 0.2) is 0 Å². The van der Waals surface area contributed by atoms with Crippen molar-refractivity contribution in [3.8, 4) is 0 Å². The summed E-state index contributed by atoms with van der Waals surface area (Å²) in [6.07, 6.45) is 3.86. The van der Waals surface area contributed by atoms with Gasteiger partial charge in [-0.3, -0.25) is 5.32 Å². The van der Waals surface area contributed by atoms with Crippen LogP contribution in [0.4, 0.5) is 10.6 Å². The third-order valence-electron chi connectivity index (χ3n) is 3.34. The molecule has 0 unspecified atom stereocenters. The molecule has 2 amide bonds. The van der Waals surface area contributed by atoms with Crippen molar-refractivity contribution in [1.29, 1.82) is 0 Å². The molecule has 98 valence electrons. The second-order valence-electron chi connectivity index (χ2n) is 4.92. The number of nitrogens with zero attached hydrogens (tertiary/aromatic N) is 2. The highest BCUT2D eigenvalue weighted by atomic mass is 79.9. The van der Waals surface area contributed by atoms with Gasteiger partial charge in [-0.15, -0.1) is 0 Å². The number of likely N-dealkylation sites (tertiary alicyclic amines) is 1. The van der Waals surface area contributed by atoms with Gasteiger partial charge in [-0.2, -0.15) is 0 Å². The Morgan fingerprint density at radius 1 is 1.50 bits per heavy atom. The zero-order chi connectivity index (χ0) is 13.1. The number of rotatable bonds is 1. The van der Waals surface area contributed by atoms with Crippen LogP contribution >= 0.6 is 15.9 Å². The highest BCUT2D eigenvalue weighted by Crippen LogP contribution is 2.19. The van der Waals surface area contributed by atoms with Crippen LogP contribution in [0.5, 0.6) is 0 Å². The van der Waals surface area contributed by atoms with Crippen LogP contribution in [0.3, 0.4) is 0 Å². The molecule has 1 N–H and O–H groups in total. The van der Waals surface area contributed by atoms with Gasteiger partial charge in [-0.1, -0.05) is 6.92 Å². The number of carbonyl (C=O) groups excluding carboxylic acids is 1. The number of pyridine rings is 1. The number of hydrogen-bond donors (Lipinski definition) is 1. The average Bonchev–Trinajstić information content (AvgIpc) is 2.33. The average molecular weight is 312 g/mol. The molecule has 0 spiro atoms. The van der Waals surface area contributed by atoms with Gasteiger partial charge in [0, 0.05) is 23.8 Å². The maximum atomic E-state index is 12.1. The van der Waals surface area contributed by atoms with E-state index < -0.39 is 0 Å². The summed E-state index contributed by atoms with van der Waals surface area (Å²) in [5.74, 6) is 1.36. The van der Waals surface area contributed by atoms with E-state index in [2.05, 4.69) is 33.2 Å². The van der Waals surface area contributed by atoms with Crippen molar-refractivity contribution in [2.24, 2.45) is 5.92 Å². The van der Waals surface area contributed by atoms with Gasteiger partial charge in [0.05, 0.1) is 0 Å². The summed E-state index contributed by atoms with van der Waals surface area (Å²) in [7, 11) is 0. The Hall–Kier alpha value is -1.10. The monoisotopic (exact) mass is 311 g/mol.